The highest BCUT2D eigenvalue weighted by atomic mass is 35.5. The lowest BCUT2D eigenvalue weighted by molar-refractivity contribution is -0.125. The van der Waals surface area contributed by atoms with Gasteiger partial charge >= 0.3 is 0 Å². The average Bonchev–Trinajstić information content (AvgIpc) is 2.04. The van der Waals surface area contributed by atoms with Gasteiger partial charge in [0, 0.05) is 11.8 Å². The Morgan fingerprint density at radius 2 is 1.25 bits per heavy atom. The maximum Gasteiger partial charge on any atom is 0.225 e. The third kappa shape index (κ3) is 2.20. The quantitative estimate of drug-likeness (QED) is 0.654. The van der Waals surface area contributed by atoms with Crippen LogP contribution >= 0.6 is 23.2 Å². The van der Waals surface area contributed by atoms with Crippen molar-refractivity contribution < 1.29 is 9.59 Å². The molecule has 68 valence electrons. The highest BCUT2D eigenvalue weighted by Gasteiger charge is 2.33. The molecule has 1 aliphatic carbocycles. The van der Waals surface area contributed by atoms with Crippen LogP contribution in [0.3, 0.4) is 0 Å². The van der Waals surface area contributed by atoms with Gasteiger partial charge in [0.25, 0.3) is 0 Å². The van der Waals surface area contributed by atoms with E-state index in [9.17, 15) is 9.59 Å². The van der Waals surface area contributed by atoms with E-state index in [1.807, 2.05) is 0 Å². The van der Waals surface area contributed by atoms with Crippen LogP contribution in [0.2, 0.25) is 0 Å². The highest BCUT2D eigenvalue weighted by molar-refractivity contribution is 6.66. The first-order chi connectivity index (χ1) is 5.63. The molecule has 0 aromatic heterocycles. The van der Waals surface area contributed by atoms with E-state index in [-0.39, 0.29) is 11.8 Å². The highest BCUT2D eigenvalue weighted by Crippen LogP contribution is 2.32. The minimum absolute atomic E-state index is 0.342. The lowest BCUT2D eigenvalue weighted by atomic mass is 9.81. The number of halogens is 2. The largest absolute Gasteiger partial charge is 0.281 e. The number of hydrogen-bond donors (Lipinski definition) is 0. The summed E-state index contributed by atoms with van der Waals surface area (Å²) >= 11 is 10.7. The van der Waals surface area contributed by atoms with Gasteiger partial charge in [-0.2, -0.15) is 0 Å². The molecule has 0 N–H and O–H groups in total. The predicted molar refractivity (Wildman–Crippen MR) is 47.2 cm³/mol. The van der Waals surface area contributed by atoms with Crippen molar-refractivity contribution >= 4 is 33.7 Å². The normalized spacial score (nSPS) is 29.8. The van der Waals surface area contributed by atoms with Gasteiger partial charge in [-0.05, 0) is 36.0 Å². The summed E-state index contributed by atoms with van der Waals surface area (Å²) in [6.07, 6.45) is 3.32. The maximum absolute atomic E-state index is 10.9. The van der Waals surface area contributed by atoms with Crippen LogP contribution in [0.15, 0.2) is 0 Å². The fourth-order valence-corrected chi connectivity index (χ4v) is 2.20. The molecule has 12 heavy (non-hydrogen) atoms. The SMILES string of the molecule is O=C(Cl)[C@H]1CCCC[C@@H]1C(=O)Cl. The van der Waals surface area contributed by atoms with Gasteiger partial charge in [0.1, 0.15) is 0 Å². The summed E-state index contributed by atoms with van der Waals surface area (Å²) in [5.74, 6) is -0.684. The molecule has 0 aliphatic heterocycles. The van der Waals surface area contributed by atoms with E-state index in [0.29, 0.717) is 12.8 Å². The van der Waals surface area contributed by atoms with Crippen molar-refractivity contribution in [1.82, 2.24) is 0 Å². The minimum atomic E-state index is -0.422. The van der Waals surface area contributed by atoms with Crippen LogP contribution in [0, 0.1) is 11.8 Å². The number of carbonyl (C=O) groups is 2. The Labute approximate surface area is 81.2 Å². The molecular formula is C8H10Cl2O2. The fourth-order valence-electron chi connectivity index (χ4n) is 1.67. The molecule has 1 saturated carbocycles. The van der Waals surface area contributed by atoms with Gasteiger partial charge in [0.05, 0.1) is 0 Å². The van der Waals surface area contributed by atoms with Crippen LogP contribution in [-0.2, 0) is 9.59 Å². The van der Waals surface area contributed by atoms with Crippen molar-refractivity contribution in [3.8, 4) is 0 Å². The van der Waals surface area contributed by atoms with Gasteiger partial charge < -0.3 is 0 Å². The minimum Gasteiger partial charge on any atom is -0.281 e. The van der Waals surface area contributed by atoms with Crippen LogP contribution in [0.25, 0.3) is 0 Å². The molecule has 4 heteroatoms. The Kier molecular flexibility index (Phi) is 3.53. The van der Waals surface area contributed by atoms with E-state index < -0.39 is 10.5 Å². The summed E-state index contributed by atoms with van der Waals surface area (Å²) in [6.45, 7) is 0. The van der Waals surface area contributed by atoms with Gasteiger partial charge in [0.2, 0.25) is 10.5 Å². The van der Waals surface area contributed by atoms with Gasteiger partial charge in [-0.1, -0.05) is 12.8 Å². The monoisotopic (exact) mass is 208 g/mol. The zero-order valence-electron chi connectivity index (χ0n) is 6.56. The van der Waals surface area contributed by atoms with Crippen molar-refractivity contribution in [2.75, 3.05) is 0 Å². The molecule has 0 amide bonds. The first-order valence-electron chi connectivity index (χ1n) is 4.01. The molecule has 0 saturated heterocycles. The fraction of sp³-hybridized carbons (Fsp3) is 0.750. The Hall–Kier alpha value is -0.0800. The summed E-state index contributed by atoms with van der Waals surface area (Å²) in [4.78, 5) is 21.7. The average molecular weight is 209 g/mol. The first-order valence-corrected chi connectivity index (χ1v) is 4.77. The molecule has 1 rings (SSSR count). The number of rotatable bonds is 2. The number of carbonyl (C=O) groups excluding carboxylic acids is 2. The number of hydrogen-bond acceptors (Lipinski definition) is 2. The third-order valence-electron chi connectivity index (χ3n) is 2.35. The Morgan fingerprint density at radius 3 is 1.50 bits per heavy atom. The molecule has 2 atom stereocenters. The Balaban J connectivity index is 2.67. The van der Waals surface area contributed by atoms with Crippen molar-refractivity contribution in [2.45, 2.75) is 25.7 Å². The van der Waals surface area contributed by atoms with E-state index >= 15 is 0 Å². The maximum atomic E-state index is 10.9. The van der Waals surface area contributed by atoms with Gasteiger partial charge in [-0.15, -0.1) is 0 Å². The summed E-state index contributed by atoms with van der Waals surface area (Å²) in [5, 5.41) is -0.845. The van der Waals surface area contributed by atoms with E-state index in [4.69, 9.17) is 23.2 Å². The molecule has 0 bridgehead atoms. The van der Waals surface area contributed by atoms with Crippen molar-refractivity contribution in [1.29, 1.82) is 0 Å². The molecule has 0 aromatic rings. The zero-order valence-corrected chi connectivity index (χ0v) is 8.07. The molecule has 0 aromatic carbocycles. The molecule has 1 aliphatic rings. The first kappa shape index (κ1) is 10.0. The summed E-state index contributed by atoms with van der Waals surface area (Å²) in [7, 11) is 0. The third-order valence-corrected chi connectivity index (χ3v) is 2.91. The Bertz CT molecular complexity index is 181. The van der Waals surface area contributed by atoms with E-state index in [1.165, 1.54) is 0 Å². The molecule has 0 spiro atoms. The van der Waals surface area contributed by atoms with Crippen molar-refractivity contribution in [2.24, 2.45) is 11.8 Å². The topological polar surface area (TPSA) is 34.1 Å². The molecule has 1 fully saturated rings. The van der Waals surface area contributed by atoms with Crippen LogP contribution < -0.4 is 0 Å². The molecule has 0 radical (unpaired) electrons. The van der Waals surface area contributed by atoms with Crippen LogP contribution in [0.4, 0.5) is 0 Å². The van der Waals surface area contributed by atoms with Gasteiger partial charge in [0.15, 0.2) is 0 Å². The predicted octanol–water partition coefficient (Wildman–Crippen LogP) is 2.32. The second-order valence-electron chi connectivity index (χ2n) is 3.11. The molecule has 2 nitrogen and oxygen atoms in total. The van der Waals surface area contributed by atoms with E-state index in [1.54, 1.807) is 0 Å². The van der Waals surface area contributed by atoms with Crippen LogP contribution in [-0.4, -0.2) is 10.5 Å². The second-order valence-corrected chi connectivity index (χ2v) is 3.85. The second kappa shape index (κ2) is 4.24. The lowest BCUT2D eigenvalue weighted by Gasteiger charge is -2.25. The van der Waals surface area contributed by atoms with Gasteiger partial charge in [-0.3, -0.25) is 9.59 Å². The molecule has 0 heterocycles. The smallest absolute Gasteiger partial charge is 0.225 e. The molecule has 0 unspecified atom stereocenters. The summed E-state index contributed by atoms with van der Waals surface area (Å²) in [6, 6.07) is 0. The van der Waals surface area contributed by atoms with E-state index in [2.05, 4.69) is 0 Å². The van der Waals surface area contributed by atoms with E-state index in [0.717, 1.165) is 12.8 Å². The summed E-state index contributed by atoms with van der Waals surface area (Å²) in [5.41, 5.74) is 0. The van der Waals surface area contributed by atoms with Crippen molar-refractivity contribution in [3.63, 3.8) is 0 Å². The standard InChI is InChI=1S/C8H10Cl2O2/c9-7(11)5-3-1-2-4-6(5)8(10)12/h5-6H,1-4H2/t5-,6-/m0/s1. The summed E-state index contributed by atoms with van der Waals surface area (Å²) < 4.78 is 0. The van der Waals surface area contributed by atoms with Gasteiger partial charge in [-0.25, -0.2) is 0 Å². The zero-order chi connectivity index (χ0) is 9.14. The lowest BCUT2D eigenvalue weighted by Crippen LogP contribution is -2.28. The Morgan fingerprint density at radius 1 is 0.917 bits per heavy atom. The van der Waals surface area contributed by atoms with Crippen LogP contribution in [0.1, 0.15) is 25.7 Å². The van der Waals surface area contributed by atoms with Crippen molar-refractivity contribution in [3.05, 3.63) is 0 Å². The molecular weight excluding hydrogens is 199 g/mol. The van der Waals surface area contributed by atoms with Crippen LogP contribution in [0.5, 0.6) is 0 Å².